The molecule has 1 aliphatic rings. The fraction of sp³-hybridized carbons (Fsp3) is 0.778. The van der Waals surface area contributed by atoms with Crippen molar-refractivity contribution in [3.05, 3.63) is 11.9 Å². The number of rotatable bonds is 3. The molecule has 1 aliphatic carbocycles. The van der Waals surface area contributed by atoms with Gasteiger partial charge in [-0.05, 0) is 26.2 Å². The SMILES string of the molecule is Cn1cc(CNC2(C)CCC2)nn1. The van der Waals surface area contributed by atoms with Crippen LogP contribution in [0.2, 0.25) is 0 Å². The minimum Gasteiger partial charge on any atom is -0.306 e. The molecule has 1 fully saturated rings. The van der Waals surface area contributed by atoms with E-state index < -0.39 is 0 Å². The lowest BCUT2D eigenvalue weighted by atomic mass is 9.78. The molecule has 0 unspecified atom stereocenters. The molecule has 0 atom stereocenters. The maximum Gasteiger partial charge on any atom is 0.0964 e. The van der Waals surface area contributed by atoms with Gasteiger partial charge >= 0.3 is 0 Å². The Balaban J connectivity index is 1.85. The lowest BCUT2D eigenvalue weighted by Crippen LogP contribution is -2.47. The van der Waals surface area contributed by atoms with Gasteiger partial charge in [0.25, 0.3) is 0 Å². The summed E-state index contributed by atoms with van der Waals surface area (Å²) in [6.07, 6.45) is 5.87. The third kappa shape index (κ3) is 1.88. The smallest absolute Gasteiger partial charge is 0.0964 e. The summed E-state index contributed by atoms with van der Waals surface area (Å²) < 4.78 is 1.74. The summed E-state index contributed by atoms with van der Waals surface area (Å²) in [5.74, 6) is 0. The molecule has 4 nitrogen and oxygen atoms in total. The summed E-state index contributed by atoms with van der Waals surface area (Å²) in [6, 6.07) is 0. The van der Waals surface area contributed by atoms with Crippen LogP contribution in [0.25, 0.3) is 0 Å². The number of nitrogens with zero attached hydrogens (tertiary/aromatic N) is 3. The van der Waals surface area contributed by atoms with E-state index in [1.54, 1.807) is 4.68 Å². The van der Waals surface area contributed by atoms with E-state index in [0.717, 1.165) is 12.2 Å². The summed E-state index contributed by atoms with van der Waals surface area (Å²) >= 11 is 0. The van der Waals surface area contributed by atoms with E-state index in [1.807, 2.05) is 13.2 Å². The second-order valence-electron chi connectivity index (χ2n) is 4.15. The first-order chi connectivity index (χ1) is 6.18. The van der Waals surface area contributed by atoms with Crippen LogP contribution in [0.4, 0.5) is 0 Å². The van der Waals surface area contributed by atoms with Crippen molar-refractivity contribution in [2.75, 3.05) is 0 Å². The molecular weight excluding hydrogens is 164 g/mol. The Bertz CT molecular complexity index is 288. The molecule has 0 spiro atoms. The molecule has 4 heteroatoms. The van der Waals surface area contributed by atoms with Gasteiger partial charge in [-0.15, -0.1) is 5.10 Å². The quantitative estimate of drug-likeness (QED) is 0.749. The number of hydrogen-bond donors (Lipinski definition) is 1. The number of nitrogens with one attached hydrogen (secondary N) is 1. The van der Waals surface area contributed by atoms with E-state index in [-0.39, 0.29) is 0 Å². The zero-order valence-corrected chi connectivity index (χ0v) is 8.25. The second kappa shape index (κ2) is 3.10. The first-order valence-electron chi connectivity index (χ1n) is 4.78. The summed E-state index contributed by atoms with van der Waals surface area (Å²) in [7, 11) is 1.89. The molecule has 1 N–H and O–H groups in total. The molecule has 1 aromatic rings. The Labute approximate surface area is 78.3 Å². The Morgan fingerprint density at radius 1 is 1.62 bits per heavy atom. The predicted molar refractivity (Wildman–Crippen MR) is 50.1 cm³/mol. The lowest BCUT2D eigenvalue weighted by molar-refractivity contribution is 0.206. The molecule has 1 heterocycles. The van der Waals surface area contributed by atoms with Crippen molar-refractivity contribution in [1.82, 2.24) is 20.3 Å². The normalized spacial score (nSPS) is 19.8. The van der Waals surface area contributed by atoms with Crippen molar-refractivity contribution in [3.8, 4) is 0 Å². The van der Waals surface area contributed by atoms with Crippen LogP contribution in [-0.2, 0) is 13.6 Å². The second-order valence-corrected chi connectivity index (χ2v) is 4.15. The van der Waals surface area contributed by atoms with Crippen molar-refractivity contribution in [2.45, 2.75) is 38.3 Å². The summed E-state index contributed by atoms with van der Waals surface area (Å²) in [6.45, 7) is 3.11. The van der Waals surface area contributed by atoms with Gasteiger partial charge in [0, 0.05) is 25.3 Å². The Morgan fingerprint density at radius 3 is 2.85 bits per heavy atom. The number of aromatic nitrogens is 3. The molecule has 1 saturated carbocycles. The standard InChI is InChI=1S/C9H16N4/c1-9(4-3-5-9)10-6-8-7-13(2)12-11-8/h7,10H,3-6H2,1-2H3. The first kappa shape index (κ1) is 8.69. The molecule has 0 aromatic carbocycles. The van der Waals surface area contributed by atoms with E-state index in [4.69, 9.17) is 0 Å². The molecule has 13 heavy (non-hydrogen) atoms. The monoisotopic (exact) mass is 180 g/mol. The van der Waals surface area contributed by atoms with E-state index in [1.165, 1.54) is 19.3 Å². The van der Waals surface area contributed by atoms with Crippen molar-refractivity contribution in [1.29, 1.82) is 0 Å². The van der Waals surface area contributed by atoms with Crippen LogP contribution in [0, 0.1) is 0 Å². The predicted octanol–water partition coefficient (Wildman–Crippen LogP) is 0.847. The highest BCUT2D eigenvalue weighted by Gasteiger charge is 2.30. The van der Waals surface area contributed by atoms with E-state index in [2.05, 4.69) is 22.6 Å². The van der Waals surface area contributed by atoms with Gasteiger partial charge in [0.1, 0.15) is 0 Å². The van der Waals surface area contributed by atoms with Gasteiger partial charge in [-0.3, -0.25) is 4.68 Å². The molecule has 0 aliphatic heterocycles. The summed E-state index contributed by atoms with van der Waals surface area (Å²) in [4.78, 5) is 0. The third-order valence-electron chi connectivity index (χ3n) is 2.80. The molecule has 0 radical (unpaired) electrons. The van der Waals surface area contributed by atoms with Crippen LogP contribution in [0.3, 0.4) is 0 Å². The molecule has 2 rings (SSSR count). The topological polar surface area (TPSA) is 42.7 Å². The largest absolute Gasteiger partial charge is 0.306 e. The molecule has 72 valence electrons. The first-order valence-corrected chi connectivity index (χ1v) is 4.78. The number of hydrogen-bond acceptors (Lipinski definition) is 3. The summed E-state index contributed by atoms with van der Waals surface area (Å²) in [5, 5.41) is 11.4. The van der Waals surface area contributed by atoms with Crippen molar-refractivity contribution in [2.24, 2.45) is 7.05 Å². The molecule has 1 aromatic heterocycles. The fourth-order valence-electron chi connectivity index (χ4n) is 1.66. The fourth-order valence-corrected chi connectivity index (χ4v) is 1.66. The highest BCUT2D eigenvalue weighted by Crippen LogP contribution is 2.30. The zero-order valence-electron chi connectivity index (χ0n) is 8.25. The van der Waals surface area contributed by atoms with Gasteiger partial charge in [0.2, 0.25) is 0 Å². The van der Waals surface area contributed by atoms with E-state index >= 15 is 0 Å². The van der Waals surface area contributed by atoms with Gasteiger partial charge < -0.3 is 5.32 Å². The third-order valence-corrected chi connectivity index (χ3v) is 2.80. The van der Waals surface area contributed by atoms with Crippen molar-refractivity contribution in [3.63, 3.8) is 0 Å². The molecule has 0 amide bonds. The highest BCUT2D eigenvalue weighted by molar-refractivity contribution is 4.97. The maximum atomic E-state index is 4.03. The minimum absolute atomic E-state index is 0.359. The van der Waals surface area contributed by atoms with Gasteiger partial charge in [-0.1, -0.05) is 5.21 Å². The Kier molecular flexibility index (Phi) is 2.07. The highest BCUT2D eigenvalue weighted by atomic mass is 15.4. The molecule has 0 bridgehead atoms. The molecule has 0 saturated heterocycles. The average Bonchev–Trinajstić information content (AvgIpc) is 2.44. The maximum absolute atomic E-state index is 4.03. The van der Waals surface area contributed by atoms with E-state index in [9.17, 15) is 0 Å². The average molecular weight is 180 g/mol. The van der Waals surface area contributed by atoms with Crippen molar-refractivity contribution < 1.29 is 0 Å². The van der Waals surface area contributed by atoms with Crippen LogP contribution in [0.5, 0.6) is 0 Å². The van der Waals surface area contributed by atoms with Crippen LogP contribution >= 0.6 is 0 Å². The van der Waals surface area contributed by atoms with E-state index in [0.29, 0.717) is 5.54 Å². The van der Waals surface area contributed by atoms with Gasteiger partial charge in [0.05, 0.1) is 5.69 Å². The van der Waals surface area contributed by atoms with Crippen LogP contribution in [0.1, 0.15) is 31.9 Å². The van der Waals surface area contributed by atoms with Crippen molar-refractivity contribution >= 4 is 0 Å². The summed E-state index contributed by atoms with van der Waals surface area (Å²) in [5.41, 5.74) is 1.38. The van der Waals surface area contributed by atoms with Crippen LogP contribution < -0.4 is 5.32 Å². The minimum atomic E-state index is 0.359. The molecular formula is C9H16N4. The lowest BCUT2D eigenvalue weighted by Gasteiger charge is -2.39. The Hall–Kier alpha value is -0.900. The van der Waals surface area contributed by atoms with Gasteiger partial charge in [-0.2, -0.15) is 0 Å². The zero-order chi connectivity index (χ0) is 9.31. The van der Waals surface area contributed by atoms with Gasteiger partial charge in [0.15, 0.2) is 0 Å². The Morgan fingerprint density at radius 2 is 2.38 bits per heavy atom. The van der Waals surface area contributed by atoms with Gasteiger partial charge in [-0.25, -0.2) is 0 Å². The number of aryl methyl sites for hydroxylation is 1. The van der Waals surface area contributed by atoms with Crippen LogP contribution in [-0.4, -0.2) is 20.5 Å². The van der Waals surface area contributed by atoms with Crippen LogP contribution in [0.15, 0.2) is 6.20 Å².